The Labute approximate surface area is 84.1 Å². The van der Waals surface area contributed by atoms with Gasteiger partial charge in [0.1, 0.15) is 6.10 Å². The average Bonchev–Trinajstić information content (AvgIpc) is 2.65. The Morgan fingerprint density at radius 3 is 3.29 bits per heavy atom. The number of hydrogen-bond acceptors (Lipinski definition) is 3. The van der Waals surface area contributed by atoms with E-state index in [1.165, 1.54) is 0 Å². The Morgan fingerprint density at radius 2 is 2.57 bits per heavy atom. The van der Waals surface area contributed by atoms with Crippen molar-refractivity contribution in [1.29, 1.82) is 0 Å². The molecule has 0 saturated carbocycles. The number of aryl methyl sites for hydroxylation is 1. The highest BCUT2D eigenvalue weighted by Crippen LogP contribution is 2.26. The van der Waals surface area contributed by atoms with Gasteiger partial charge >= 0.3 is 0 Å². The summed E-state index contributed by atoms with van der Waals surface area (Å²) in [5.41, 5.74) is 7.07. The van der Waals surface area contributed by atoms with Gasteiger partial charge in [-0.15, -0.1) is 0 Å². The fourth-order valence-corrected chi connectivity index (χ4v) is 1.89. The minimum atomic E-state index is 0.140. The van der Waals surface area contributed by atoms with Gasteiger partial charge in [0.2, 0.25) is 0 Å². The summed E-state index contributed by atoms with van der Waals surface area (Å²) >= 11 is 0. The van der Waals surface area contributed by atoms with Crippen LogP contribution >= 0.6 is 0 Å². The van der Waals surface area contributed by atoms with Gasteiger partial charge in [-0.05, 0) is 19.8 Å². The van der Waals surface area contributed by atoms with Gasteiger partial charge in [0.05, 0.1) is 18.2 Å². The second-order valence-corrected chi connectivity index (χ2v) is 3.75. The van der Waals surface area contributed by atoms with E-state index in [2.05, 4.69) is 16.5 Å². The van der Waals surface area contributed by atoms with Crippen molar-refractivity contribution in [2.45, 2.75) is 38.5 Å². The van der Waals surface area contributed by atoms with E-state index >= 15 is 0 Å². The lowest BCUT2D eigenvalue weighted by atomic mass is 10.0. The third-order valence-electron chi connectivity index (χ3n) is 2.74. The molecular weight excluding hydrogens is 178 g/mol. The van der Waals surface area contributed by atoms with Gasteiger partial charge in [0.15, 0.2) is 0 Å². The van der Waals surface area contributed by atoms with E-state index in [9.17, 15) is 0 Å². The third kappa shape index (κ3) is 1.81. The van der Waals surface area contributed by atoms with Crippen LogP contribution in [0, 0.1) is 0 Å². The molecule has 4 heteroatoms. The third-order valence-corrected chi connectivity index (χ3v) is 2.74. The first-order valence-electron chi connectivity index (χ1n) is 5.18. The zero-order chi connectivity index (χ0) is 9.97. The van der Waals surface area contributed by atoms with Crippen molar-refractivity contribution in [1.82, 2.24) is 9.55 Å². The molecule has 1 aliphatic heterocycles. The summed E-state index contributed by atoms with van der Waals surface area (Å²) in [6, 6.07) is 0.272. The number of rotatable bonds is 2. The van der Waals surface area contributed by atoms with E-state index in [1.807, 2.05) is 12.5 Å². The first-order valence-corrected chi connectivity index (χ1v) is 5.18. The van der Waals surface area contributed by atoms with Gasteiger partial charge < -0.3 is 15.0 Å². The van der Waals surface area contributed by atoms with Crippen LogP contribution in [-0.4, -0.2) is 22.2 Å². The van der Waals surface area contributed by atoms with Crippen LogP contribution in [0.5, 0.6) is 0 Å². The van der Waals surface area contributed by atoms with Crippen molar-refractivity contribution >= 4 is 0 Å². The summed E-state index contributed by atoms with van der Waals surface area (Å²) in [6.45, 7) is 3.80. The highest BCUT2D eigenvalue weighted by atomic mass is 16.5. The Balaban J connectivity index is 2.13. The summed E-state index contributed by atoms with van der Waals surface area (Å²) in [6.07, 6.45) is 5.74. The molecule has 0 spiro atoms. The fourth-order valence-electron chi connectivity index (χ4n) is 1.89. The van der Waals surface area contributed by atoms with Crippen molar-refractivity contribution < 1.29 is 4.74 Å². The first kappa shape index (κ1) is 9.68. The molecule has 0 aliphatic carbocycles. The van der Waals surface area contributed by atoms with Crippen molar-refractivity contribution in [3.05, 3.63) is 18.2 Å². The predicted molar refractivity (Wildman–Crippen MR) is 53.8 cm³/mol. The molecule has 1 aromatic heterocycles. The number of ether oxygens (including phenoxy) is 1. The molecular formula is C10H17N3O. The zero-order valence-corrected chi connectivity index (χ0v) is 8.52. The molecule has 0 radical (unpaired) electrons. The van der Waals surface area contributed by atoms with Crippen molar-refractivity contribution in [3.8, 4) is 0 Å². The van der Waals surface area contributed by atoms with Gasteiger partial charge in [-0.3, -0.25) is 0 Å². The second-order valence-electron chi connectivity index (χ2n) is 3.75. The van der Waals surface area contributed by atoms with Crippen LogP contribution in [0.1, 0.15) is 31.6 Å². The van der Waals surface area contributed by atoms with Crippen molar-refractivity contribution in [3.63, 3.8) is 0 Å². The number of nitrogens with two attached hydrogens (primary N) is 1. The minimum Gasteiger partial charge on any atom is -0.372 e. The molecule has 1 aromatic rings. The number of aromatic nitrogens is 2. The van der Waals surface area contributed by atoms with E-state index in [-0.39, 0.29) is 12.1 Å². The molecule has 2 N–H and O–H groups in total. The molecule has 2 heterocycles. The van der Waals surface area contributed by atoms with E-state index in [4.69, 9.17) is 10.5 Å². The fraction of sp³-hybridized carbons (Fsp3) is 0.700. The van der Waals surface area contributed by atoms with Crippen LogP contribution in [0.3, 0.4) is 0 Å². The largest absolute Gasteiger partial charge is 0.372 e. The van der Waals surface area contributed by atoms with E-state index in [1.54, 1.807) is 0 Å². The SMILES string of the molecule is CCn1cncc1C1CC(N)CCO1. The van der Waals surface area contributed by atoms with Crippen LogP contribution in [0.15, 0.2) is 12.5 Å². The summed E-state index contributed by atoms with van der Waals surface area (Å²) < 4.78 is 7.81. The lowest BCUT2D eigenvalue weighted by Crippen LogP contribution is -2.31. The quantitative estimate of drug-likeness (QED) is 0.768. The minimum absolute atomic E-state index is 0.140. The molecule has 1 fully saturated rings. The van der Waals surface area contributed by atoms with Gasteiger partial charge in [0, 0.05) is 19.2 Å². The Hall–Kier alpha value is -0.870. The molecule has 14 heavy (non-hydrogen) atoms. The lowest BCUT2D eigenvalue weighted by molar-refractivity contribution is 0.00213. The number of imidazole rings is 1. The molecule has 78 valence electrons. The van der Waals surface area contributed by atoms with Gasteiger partial charge in [0.25, 0.3) is 0 Å². The van der Waals surface area contributed by atoms with Crippen LogP contribution in [0.25, 0.3) is 0 Å². The highest BCUT2D eigenvalue weighted by Gasteiger charge is 2.23. The second kappa shape index (κ2) is 4.11. The zero-order valence-electron chi connectivity index (χ0n) is 8.52. The number of hydrogen-bond donors (Lipinski definition) is 1. The molecule has 2 atom stereocenters. The standard InChI is InChI=1S/C10H17N3O/c1-2-13-7-12-6-9(13)10-5-8(11)3-4-14-10/h6-8,10H,2-5,11H2,1H3. The van der Waals surface area contributed by atoms with Crippen LogP contribution in [0.2, 0.25) is 0 Å². The van der Waals surface area contributed by atoms with Crippen LogP contribution in [0.4, 0.5) is 0 Å². The van der Waals surface area contributed by atoms with Crippen LogP contribution in [-0.2, 0) is 11.3 Å². The van der Waals surface area contributed by atoms with E-state index in [0.717, 1.165) is 31.7 Å². The smallest absolute Gasteiger partial charge is 0.100 e. The summed E-state index contributed by atoms with van der Waals surface area (Å²) in [7, 11) is 0. The maximum absolute atomic E-state index is 5.91. The monoisotopic (exact) mass is 195 g/mol. The normalized spacial score (nSPS) is 27.9. The Bertz CT molecular complexity index is 297. The topological polar surface area (TPSA) is 53.1 Å². The predicted octanol–water partition coefficient (Wildman–Crippen LogP) is 1.08. The summed E-state index contributed by atoms with van der Waals surface area (Å²) in [4.78, 5) is 4.14. The number of nitrogens with zero attached hydrogens (tertiary/aromatic N) is 2. The molecule has 0 aromatic carbocycles. The summed E-state index contributed by atoms with van der Waals surface area (Å²) in [5.74, 6) is 0. The molecule has 4 nitrogen and oxygen atoms in total. The maximum Gasteiger partial charge on any atom is 0.100 e. The van der Waals surface area contributed by atoms with Crippen molar-refractivity contribution in [2.75, 3.05) is 6.61 Å². The molecule has 2 unspecified atom stereocenters. The van der Waals surface area contributed by atoms with Gasteiger partial charge in [-0.25, -0.2) is 4.98 Å². The average molecular weight is 195 g/mol. The Morgan fingerprint density at radius 1 is 1.71 bits per heavy atom. The lowest BCUT2D eigenvalue weighted by Gasteiger charge is -2.27. The molecule has 1 saturated heterocycles. The van der Waals surface area contributed by atoms with Crippen molar-refractivity contribution in [2.24, 2.45) is 5.73 Å². The van der Waals surface area contributed by atoms with E-state index < -0.39 is 0 Å². The molecule has 2 rings (SSSR count). The van der Waals surface area contributed by atoms with Crippen LogP contribution < -0.4 is 5.73 Å². The maximum atomic E-state index is 5.91. The van der Waals surface area contributed by atoms with Gasteiger partial charge in [-0.1, -0.05) is 0 Å². The highest BCUT2D eigenvalue weighted by molar-refractivity contribution is 5.04. The Kier molecular flexibility index (Phi) is 2.84. The van der Waals surface area contributed by atoms with Gasteiger partial charge in [-0.2, -0.15) is 0 Å². The summed E-state index contributed by atoms with van der Waals surface area (Å²) in [5, 5.41) is 0. The molecule has 0 bridgehead atoms. The van der Waals surface area contributed by atoms with E-state index in [0.29, 0.717) is 0 Å². The molecule has 0 amide bonds. The first-order chi connectivity index (χ1) is 6.81. The molecule has 1 aliphatic rings.